The summed E-state index contributed by atoms with van der Waals surface area (Å²) < 4.78 is 13.0. The number of urea groups is 1. The van der Waals surface area contributed by atoms with Gasteiger partial charge >= 0.3 is 6.03 Å². The molecule has 4 rings (SSSR count). The van der Waals surface area contributed by atoms with Crippen LogP contribution in [0, 0.1) is 5.82 Å². The van der Waals surface area contributed by atoms with Gasteiger partial charge < -0.3 is 10.2 Å². The van der Waals surface area contributed by atoms with E-state index in [9.17, 15) is 18.8 Å². The first-order valence-electron chi connectivity index (χ1n) is 8.21. The number of halogens is 1. The van der Waals surface area contributed by atoms with Crippen molar-refractivity contribution in [2.45, 2.75) is 18.4 Å². The molecule has 3 heterocycles. The fourth-order valence-electron chi connectivity index (χ4n) is 3.34. The van der Waals surface area contributed by atoms with E-state index in [0.29, 0.717) is 42.9 Å². The van der Waals surface area contributed by atoms with Crippen LogP contribution >= 0.6 is 0 Å². The Kier molecular flexibility index (Phi) is 3.71. The number of nitrogens with one attached hydrogen (secondary N) is 3. The summed E-state index contributed by atoms with van der Waals surface area (Å²) >= 11 is 0. The number of carbonyl (C=O) groups is 3. The van der Waals surface area contributed by atoms with Crippen molar-refractivity contribution < 1.29 is 18.8 Å². The molecule has 0 radical (unpaired) electrons. The zero-order valence-corrected chi connectivity index (χ0v) is 13.7. The first-order chi connectivity index (χ1) is 12.5. The number of benzene rings is 1. The molecule has 2 aliphatic rings. The second-order valence-electron chi connectivity index (χ2n) is 6.46. The topological polar surface area (TPSA) is 107 Å². The number of aromatic amines is 1. The molecular formula is C17H16FN5O3. The fourth-order valence-corrected chi connectivity index (χ4v) is 3.34. The summed E-state index contributed by atoms with van der Waals surface area (Å²) in [5.41, 5.74) is 0.648. The first kappa shape index (κ1) is 16.2. The molecule has 1 spiro atoms. The van der Waals surface area contributed by atoms with Crippen LogP contribution in [0.5, 0.6) is 0 Å². The van der Waals surface area contributed by atoms with Gasteiger partial charge in [0.05, 0.1) is 5.69 Å². The number of imide groups is 1. The maximum atomic E-state index is 13.0. The van der Waals surface area contributed by atoms with Gasteiger partial charge in [-0.25, -0.2) is 9.18 Å². The minimum atomic E-state index is -0.916. The monoisotopic (exact) mass is 357 g/mol. The Hall–Kier alpha value is -3.23. The van der Waals surface area contributed by atoms with Crippen molar-refractivity contribution >= 4 is 17.8 Å². The number of piperidine rings is 1. The average molecular weight is 357 g/mol. The molecule has 9 heteroatoms. The maximum Gasteiger partial charge on any atom is 0.322 e. The van der Waals surface area contributed by atoms with Crippen molar-refractivity contribution in [2.24, 2.45) is 0 Å². The second kappa shape index (κ2) is 5.94. The fraction of sp³-hybridized carbons (Fsp3) is 0.294. The van der Waals surface area contributed by atoms with Crippen molar-refractivity contribution in [1.29, 1.82) is 0 Å². The predicted octanol–water partition coefficient (Wildman–Crippen LogP) is 1.03. The molecular weight excluding hydrogens is 341 g/mol. The Bertz CT molecular complexity index is 884. The molecule has 0 atom stereocenters. The molecule has 26 heavy (non-hydrogen) atoms. The summed E-state index contributed by atoms with van der Waals surface area (Å²) in [5.74, 6) is -0.911. The van der Waals surface area contributed by atoms with Crippen molar-refractivity contribution in [3.63, 3.8) is 0 Å². The molecule has 2 saturated heterocycles. The van der Waals surface area contributed by atoms with Gasteiger partial charge in [0.1, 0.15) is 17.1 Å². The van der Waals surface area contributed by atoms with E-state index >= 15 is 0 Å². The molecule has 134 valence electrons. The molecule has 0 aliphatic carbocycles. The van der Waals surface area contributed by atoms with E-state index in [1.165, 1.54) is 12.1 Å². The summed E-state index contributed by atoms with van der Waals surface area (Å²) in [4.78, 5) is 37.6. The lowest BCUT2D eigenvalue weighted by Gasteiger charge is -2.36. The molecule has 4 amide bonds. The Labute approximate surface area is 147 Å². The van der Waals surface area contributed by atoms with Crippen LogP contribution in [-0.4, -0.2) is 51.6 Å². The van der Waals surface area contributed by atoms with E-state index in [1.807, 2.05) is 0 Å². The molecule has 8 nitrogen and oxygen atoms in total. The van der Waals surface area contributed by atoms with E-state index < -0.39 is 11.6 Å². The average Bonchev–Trinajstić information content (AvgIpc) is 3.21. The van der Waals surface area contributed by atoms with Gasteiger partial charge in [-0.05, 0) is 43.2 Å². The highest BCUT2D eigenvalue weighted by Gasteiger charge is 2.48. The SMILES string of the molecule is O=C1NC(=O)C2(CCN(C(=O)c3cc(-c4ccc(F)cc4)n[nH]3)CC2)N1. The number of carbonyl (C=O) groups excluding carboxylic acids is 3. The third kappa shape index (κ3) is 2.71. The van der Waals surface area contributed by atoms with Gasteiger partial charge in [-0.2, -0.15) is 5.10 Å². The third-order valence-electron chi connectivity index (χ3n) is 4.87. The van der Waals surface area contributed by atoms with Crippen LogP contribution in [0.2, 0.25) is 0 Å². The lowest BCUT2D eigenvalue weighted by molar-refractivity contribution is -0.125. The van der Waals surface area contributed by atoms with Crippen LogP contribution in [0.25, 0.3) is 11.3 Å². The zero-order chi connectivity index (χ0) is 18.3. The van der Waals surface area contributed by atoms with Gasteiger partial charge in [-0.15, -0.1) is 0 Å². The quantitative estimate of drug-likeness (QED) is 0.698. The predicted molar refractivity (Wildman–Crippen MR) is 88.5 cm³/mol. The molecule has 0 bridgehead atoms. The van der Waals surface area contributed by atoms with Gasteiger partial charge in [0.2, 0.25) is 0 Å². The summed E-state index contributed by atoms with van der Waals surface area (Å²) in [6.07, 6.45) is 0.713. The van der Waals surface area contributed by atoms with E-state index in [-0.39, 0.29) is 17.6 Å². The molecule has 1 aromatic heterocycles. The Morgan fingerprint density at radius 2 is 1.85 bits per heavy atom. The summed E-state index contributed by atoms with van der Waals surface area (Å²) in [6, 6.07) is 6.96. The standard InChI is InChI=1S/C17H16FN5O3/c18-11-3-1-10(2-4-11)12-9-13(22-21-12)14(24)23-7-5-17(6-8-23)15(25)19-16(26)20-17/h1-4,9H,5-8H2,(H,21,22)(H2,19,20,25,26). The number of likely N-dealkylation sites (tertiary alicyclic amines) is 1. The largest absolute Gasteiger partial charge is 0.337 e. The molecule has 0 saturated carbocycles. The first-order valence-corrected chi connectivity index (χ1v) is 8.21. The molecule has 2 fully saturated rings. The van der Waals surface area contributed by atoms with E-state index in [4.69, 9.17) is 0 Å². The number of aromatic nitrogens is 2. The summed E-state index contributed by atoms with van der Waals surface area (Å²) in [6.45, 7) is 0.689. The van der Waals surface area contributed by atoms with Crippen LogP contribution in [0.1, 0.15) is 23.3 Å². The smallest absolute Gasteiger partial charge is 0.322 e. The molecule has 2 aliphatic heterocycles. The van der Waals surface area contributed by atoms with Crippen molar-refractivity contribution in [2.75, 3.05) is 13.1 Å². The highest BCUT2D eigenvalue weighted by atomic mass is 19.1. The summed E-state index contributed by atoms with van der Waals surface area (Å²) in [7, 11) is 0. The maximum absolute atomic E-state index is 13.0. The van der Waals surface area contributed by atoms with Gasteiger partial charge in [-0.3, -0.25) is 20.0 Å². The summed E-state index contributed by atoms with van der Waals surface area (Å²) in [5, 5.41) is 11.7. The third-order valence-corrected chi connectivity index (χ3v) is 4.87. The van der Waals surface area contributed by atoms with Crippen molar-refractivity contribution in [3.8, 4) is 11.3 Å². The lowest BCUT2D eigenvalue weighted by Crippen LogP contribution is -2.55. The number of amides is 4. The normalized spacial score (nSPS) is 18.7. The van der Waals surface area contributed by atoms with Crippen molar-refractivity contribution in [3.05, 3.63) is 41.8 Å². The zero-order valence-electron chi connectivity index (χ0n) is 13.7. The van der Waals surface area contributed by atoms with Crippen LogP contribution in [0.15, 0.2) is 30.3 Å². The minimum absolute atomic E-state index is 0.231. The highest BCUT2D eigenvalue weighted by molar-refractivity contribution is 6.07. The van der Waals surface area contributed by atoms with Crippen LogP contribution in [0.4, 0.5) is 9.18 Å². The van der Waals surface area contributed by atoms with Crippen LogP contribution in [0.3, 0.4) is 0 Å². The Balaban J connectivity index is 1.45. The number of nitrogens with zero attached hydrogens (tertiary/aromatic N) is 2. The minimum Gasteiger partial charge on any atom is -0.337 e. The molecule has 0 unspecified atom stereocenters. The number of H-pyrrole nitrogens is 1. The Morgan fingerprint density at radius 1 is 1.15 bits per heavy atom. The molecule has 1 aromatic carbocycles. The second-order valence-corrected chi connectivity index (χ2v) is 6.46. The molecule has 2 aromatic rings. The van der Waals surface area contributed by atoms with Gasteiger partial charge in [0.15, 0.2) is 0 Å². The van der Waals surface area contributed by atoms with Crippen LogP contribution in [-0.2, 0) is 4.79 Å². The van der Waals surface area contributed by atoms with Crippen LogP contribution < -0.4 is 10.6 Å². The van der Waals surface area contributed by atoms with E-state index in [2.05, 4.69) is 20.8 Å². The lowest BCUT2D eigenvalue weighted by atomic mass is 9.87. The van der Waals surface area contributed by atoms with E-state index in [0.717, 1.165) is 0 Å². The highest BCUT2D eigenvalue weighted by Crippen LogP contribution is 2.26. The van der Waals surface area contributed by atoms with Crippen molar-refractivity contribution in [1.82, 2.24) is 25.7 Å². The molecule has 3 N–H and O–H groups in total. The van der Waals surface area contributed by atoms with E-state index in [1.54, 1.807) is 23.1 Å². The number of hydrogen-bond acceptors (Lipinski definition) is 4. The van der Waals surface area contributed by atoms with Gasteiger partial charge in [0.25, 0.3) is 11.8 Å². The Morgan fingerprint density at radius 3 is 2.46 bits per heavy atom. The number of hydrogen-bond donors (Lipinski definition) is 3. The number of rotatable bonds is 2. The van der Waals surface area contributed by atoms with Gasteiger partial charge in [0, 0.05) is 18.7 Å². The van der Waals surface area contributed by atoms with Gasteiger partial charge in [-0.1, -0.05) is 0 Å².